The molecular formula is C23H24FN5O2. The lowest BCUT2D eigenvalue weighted by atomic mass is 10.1. The molecule has 0 aliphatic heterocycles. The van der Waals surface area contributed by atoms with E-state index in [1.54, 1.807) is 24.8 Å². The third kappa shape index (κ3) is 4.14. The minimum atomic E-state index is -0.278. The van der Waals surface area contributed by atoms with Gasteiger partial charge in [-0.05, 0) is 43.2 Å². The van der Waals surface area contributed by atoms with E-state index in [2.05, 4.69) is 27.3 Å². The summed E-state index contributed by atoms with van der Waals surface area (Å²) < 4.78 is 26.0. The first-order valence-electron chi connectivity index (χ1n) is 10.0. The maximum Gasteiger partial charge on any atom is 0.254 e. The number of anilines is 2. The lowest BCUT2D eigenvalue weighted by Gasteiger charge is -2.15. The molecule has 160 valence electrons. The largest absolute Gasteiger partial charge is 0.493 e. The zero-order chi connectivity index (χ0) is 22.0. The van der Waals surface area contributed by atoms with E-state index in [4.69, 9.17) is 9.47 Å². The zero-order valence-corrected chi connectivity index (χ0v) is 17.9. The van der Waals surface area contributed by atoms with Crippen molar-refractivity contribution in [1.82, 2.24) is 19.6 Å². The topological polar surface area (TPSA) is 73.6 Å². The van der Waals surface area contributed by atoms with Gasteiger partial charge in [0.25, 0.3) is 5.78 Å². The van der Waals surface area contributed by atoms with E-state index >= 15 is 0 Å². The summed E-state index contributed by atoms with van der Waals surface area (Å²) in [5.74, 6) is 2.84. The summed E-state index contributed by atoms with van der Waals surface area (Å²) in [5, 5.41) is 8.11. The van der Waals surface area contributed by atoms with E-state index in [9.17, 15) is 4.39 Å². The van der Waals surface area contributed by atoms with Crippen LogP contribution in [0.5, 0.6) is 11.5 Å². The molecule has 0 unspecified atom stereocenters. The van der Waals surface area contributed by atoms with Crippen LogP contribution in [0, 0.1) is 12.7 Å². The Bertz CT molecular complexity index is 1240. The predicted octanol–water partition coefficient (Wildman–Crippen LogP) is 4.49. The summed E-state index contributed by atoms with van der Waals surface area (Å²) >= 11 is 0. The summed E-state index contributed by atoms with van der Waals surface area (Å²) in [6.07, 6.45) is 1.18. The third-order valence-corrected chi connectivity index (χ3v) is 5.09. The van der Waals surface area contributed by atoms with Gasteiger partial charge in [-0.3, -0.25) is 0 Å². The number of halogens is 1. The van der Waals surface area contributed by atoms with Gasteiger partial charge in [-0.25, -0.2) is 9.37 Å². The molecule has 0 aliphatic carbocycles. The fourth-order valence-corrected chi connectivity index (χ4v) is 3.59. The Morgan fingerprint density at radius 3 is 2.55 bits per heavy atom. The molecule has 2 aromatic carbocycles. The number of hydrogen-bond acceptors (Lipinski definition) is 6. The van der Waals surface area contributed by atoms with Gasteiger partial charge in [-0.2, -0.15) is 9.50 Å². The van der Waals surface area contributed by atoms with Crippen molar-refractivity contribution in [3.8, 4) is 11.5 Å². The van der Waals surface area contributed by atoms with Gasteiger partial charge < -0.3 is 14.8 Å². The van der Waals surface area contributed by atoms with Crippen molar-refractivity contribution in [1.29, 1.82) is 0 Å². The molecule has 2 heterocycles. The zero-order valence-electron chi connectivity index (χ0n) is 17.9. The van der Waals surface area contributed by atoms with Crippen LogP contribution in [0.2, 0.25) is 0 Å². The average molecular weight is 421 g/mol. The highest BCUT2D eigenvalue weighted by Gasteiger charge is 2.17. The molecule has 0 spiro atoms. The Hall–Kier alpha value is -3.68. The van der Waals surface area contributed by atoms with Crippen LogP contribution in [0.3, 0.4) is 0 Å². The smallest absolute Gasteiger partial charge is 0.254 e. The number of aryl methyl sites for hydroxylation is 1. The number of benzene rings is 2. The van der Waals surface area contributed by atoms with Gasteiger partial charge in [-0.1, -0.05) is 19.1 Å². The molecule has 31 heavy (non-hydrogen) atoms. The molecule has 4 rings (SSSR count). The fraction of sp³-hybridized carbons (Fsp3) is 0.261. The van der Waals surface area contributed by atoms with E-state index in [1.165, 1.54) is 12.1 Å². The number of nitrogens with zero attached hydrogens (tertiary/aromatic N) is 4. The number of rotatable bonds is 7. The lowest BCUT2D eigenvalue weighted by molar-refractivity contribution is 0.355. The van der Waals surface area contributed by atoms with Crippen LogP contribution >= 0.6 is 0 Å². The van der Waals surface area contributed by atoms with Crippen molar-refractivity contribution in [3.63, 3.8) is 0 Å². The maximum atomic E-state index is 13.6. The Balaban J connectivity index is 1.77. The number of hydrogen-bond donors (Lipinski definition) is 1. The molecular weight excluding hydrogens is 397 g/mol. The Morgan fingerprint density at radius 1 is 1.03 bits per heavy atom. The Morgan fingerprint density at radius 2 is 1.84 bits per heavy atom. The Kier molecular flexibility index (Phi) is 5.70. The highest BCUT2D eigenvalue weighted by molar-refractivity contribution is 5.65. The second-order valence-electron chi connectivity index (χ2n) is 7.12. The molecule has 0 bridgehead atoms. The van der Waals surface area contributed by atoms with E-state index in [1.807, 2.05) is 31.2 Å². The van der Waals surface area contributed by atoms with Gasteiger partial charge in [0, 0.05) is 29.4 Å². The van der Waals surface area contributed by atoms with Crippen LogP contribution in [-0.2, 0) is 12.8 Å². The van der Waals surface area contributed by atoms with Crippen LogP contribution in [0.15, 0.2) is 42.5 Å². The number of aromatic nitrogens is 4. The Labute approximate surface area is 179 Å². The standard InChI is InChI=1S/C23H24FN5O2/c1-5-18-14(2)25-23-27-21(12-15-7-6-8-16(24)11-15)28-29(23)22(18)26-17-9-10-19(30-3)20(13-17)31-4/h6-11,13,26H,5,12H2,1-4H3. The first-order chi connectivity index (χ1) is 15.0. The number of fused-ring (bicyclic) bond motifs is 1. The van der Waals surface area contributed by atoms with Gasteiger partial charge in [-0.15, -0.1) is 5.10 Å². The first kappa shape index (κ1) is 20.6. The van der Waals surface area contributed by atoms with Crippen LogP contribution in [0.1, 0.15) is 29.6 Å². The molecule has 0 atom stereocenters. The molecule has 0 amide bonds. The normalized spacial score (nSPS) is 11.0. The molecule has 0 saturated heterocycles. The minimum Gasteiger partial charge on any atom is -0.493 e. The minimum absolute atomic E-state index is 0.278. The molecule has 0 aliphatic rings. The van der Waals surface area contributed by atoms with E-state index in [0.29, 0.717) is 29.5 Å². The summed E-state index contributed by atoms with van der Waals surface area (Å²) in [5.41, 5.74) is 3.53. The lowest BCUT2D eigenvalue weighted by Crippen LogP contribution is -2.08. The molecule has 0 radical (unpaired) electrons. The highest BCUT2D eigenvalue weighted by Crippen LogP contribution is 2.32. The summed E-state index contributed by atoms with van der Waals surface area (Å²) in [7, 11) is 3.20. The quantitative estimate of drug-likeness (QED) is 0.474. The maximum absolute atomic E-state index is 13.6. The van der Waals surface area contributed by atoms with Crippen LogP contribution < -0.4 is 14.8 Å². The van der Waals surface area contributed by atoms with Crippen LogP contribution in [0.4, 0.5) is 15.9 Å². The average Bonchev–Trinajstić information content (AvgIpc) is 3.15. The highest BCUT2D eigenvalue weighted by atomic mass is 19.1. The van der Waals surface area contributed by atoms with Gasteiger partial charge in [0.1, 0.15) is 11.6 Å². The molecule has 1 N–H and O–H groups in total. The van der Waals surface area contributed by atoms with Gasteiger partial charge in [0.15, 0.2) is 17.3 Å². The van der Waals surface area contributed by atoms with Crippen molar-refractivity contribution in [2.45, 2.75) is 26.7 Å². The molecule has 0 fully saturated rings. The van der Waals surface area contributed by atoms with Crippen molar-refractivity contribution < 1.29 is 13.9 Å². The molecule has 7 nitrogen and oxygen atoms in total. The van der Waals surface area contributed by atoms with Crippen LogP contribution in [0.25, 0.3) is 5.78 Å². The summed E-state index contributed by atoms with van der Waals surface area (Å²) in [6, 6.07) is 12.1. The van der Waals surface area contributed by atoms with E-state index < -0.39 is 0 Å². The second kappa shape index (κ2) is 8.59. The van der Waals surface area contributed by atoms with Crippen molar-refractivity contribution in [3.05, 3.63) is 70.9 Å². The third-order valence-electron chi connectivity index (χ3n) is 5.09. The number of ether oxygens (including phenoxy) is 2. The van der Waals surface area contributed by atoms with Crippen molar-refractivity contribution in [2.75, 3.05) is 19.5 Å². The first-order valence-corrected chi connectivity index (χ1v) is 10.0. The predicted molar refractivity (Wildman–Crippen MR) is 117 cm³/mol. The van der Waals surface area contributed by atoms with Crippen LogP contribution in [-0.4, -0.2) is 33.8 Å². The van der Waals surface area contributed by atoms with Gasteiger partial charge in [0.05, 0.1) is 14.2 Å². The molecule has 4 aromatic rings. The molecule has 8 heteroatoms. The second-order valence-corrected chi connectivity index (χ2v) is 7.12. The SMILES string of the molecule is CCc1c(C)nc2nc(Cc3cccc(F)c3)nn2c1Nc1ccc(OC)c(OC)c1. The van der Waals surface area contributed by atoms with E-state index in [0.717, 1.165) is 34.7 Å². The van der Waals surface area contributed by atoms with Gasteiger partial charge in [0.2, 0.25) is 0 Å². The van der Waals surface area contributed by atoms with Crippen molar-refractivity contribution >= 4 is 17.3 Å². The number of methoxy groups -OCH3 is 2. The number of nitrogens with one attached hydrogen (secondary N) is 1. The fourth-order valence-electron chi connectivity index (χ4n) is 3.59. The summed E-state index contributed by atoms with van der Waals surface area (Å²) in [6.45, 7) is 4.03. The molecule has 0 saturated carbocycles. The summed E-state index contributed by atoms with van der Waals surface area (Å²) in [4.78, 5) is 9.19. The monoisotopic (exact) mass is 421 g/mol. The van der Waals surface area contributed by atoms with E-state index in [-0.39, 0.29) is 5.82 Å². The van der Waals surface area contributed by atoms with Gasteiger partial charge >= 0.3 is 0 Å². The van der Waals surface area contributed by atoms with Crippen molar-refractivity contribution in [2.24, 2.45) is 0 Å². The molecule has 2 aromatic heterocycles.